The molecule has 2 aliphatic rings. The van der Waals surface area contributed by atoms with Crippen LogP contribution in [0.2, 0.25) is 0 Å². The second-order valence-corrected chi connectivity index (χ2v) is 12.5. The molecule has 2 N–H and O–H groups in total. The molecule has 2 heterocycles. The molecule has 1 aliphatic carbocycles. The van der Waals surface area contributed by atoms with Crippen molar-refractivity contribution >= 4 is 39.7 Å². The summed E-state index contributed by atoms with van der Waals surface area (Å²) in [5, 5.41) is 16.6. The second kappa shape index (κ2) is 12.4. The van der Waals surface area contributed by atoms with Gasteiger partial charge in [-0.1, -0.05) is 133 Å². The van der Waals surface area contributed by atoms with E-state index in [0.29, 0.717) is 6.54 Å². The molecule has 0 unspecified atom stereocenters. The van der Waals surface area contributed by atoms with Gasteiger partial charge in [-0.2, -0.15) is 0 Å². The van der Waals surface area contributed by atoms with Gasteiger partial charge in [-0.15, -0.1) is 0 Å². The third-order valence-corrected chi connectivity index (χ3v) is 9.73. The first-order valence-corrected chi connectivity index (χ1v) is 16.9. The minimum Gasteiger partial charge on any atom is -0.365 e. The fourth-order valence-electron chi connectivity index (χ4n) is 7.54. The molecule has 0 saturated carbocycles. The third kappa shape index (κ3) is 4.89. The van der Waals surface area contributed by atoms with Gasteiger partial charge >= 0.3 is 0 Å². The number of hydrogen-bond acceptors (Lipinski definition) is 4. The summed E-state index contributed by atoms with van der Waals surface area (Å²) in [6.45, 7) is 0.572. The van der Waals surface area contributed by atoms with Crippen molar-refractivity contribution in [2.45, 2.75) is 0 Å². The van der Waals surface area contributed by atoms with Crippen LogP contribution in [0.1, 0.15) is 11.3 Å². The van der Waals surface area contributed by atoms with Crippen molar-refractivity contribution in [3.05, 3.63) is 180 Å². The Balaban J connectivity index is 1.22. The fourth-order valence-corrected chi connectivity index (χ4v) is 7.54. The molecule has 1 aliphatic heterocycles. The summed E-state index contributed by atoms with van der Waals surface area (Å²) in [7, 11) is 0. The number of amidine groups is 1. The first-order valence-electron chi connectivity index (χ1n) is 16.9. The maximum Gasteiger partial charge on any atom is 0.134 e. The molecule has 236 valence electrons. The number of fused-ring (bicyclic) bond motifs is 4. The maximum atomic E-state index is 8.07. The number of nitrogens with one attached hydrogen (secondary N) is 2. The number of rotatable bonds is 7. The highest BCUT2D eigenvalue weighted by molar-refractivity contribution is 6.29. The van der Waals surface area contributed by atoms with Crippen molar-refractivity contribution in [1.82, 2.24) is 10.3 Å². The van der Waals surface area contributed by atoms with Crippen molar-refractivity contribution < 1.29 is 0 Å². The van der Waals surface area contributed by atoms with E-state index >= 15 is 0 Å². The molecule has 0 bridgehead atoms. The minimum atomic E-state index is 0.572. The number of nitrogens with zero attached hydrogens (tertiary/aromatic N) is 2. The van der Waals surface area contributed by atoms with Crippen LogP contribution >= 0.6 is 0 Å². The van der Waals surface area contributed by atoms with E-state index < -0.39 is 0 Å². The molecule has 0 fully saturated rings. The van der Waals surface area contributed by atoms with E-state index in [0.717, 1.165) is 28.2 Å². The summed E-state index contributed by atoms with van der Waals surface area (Å²) in [6, 6.07) is 47.5. The molecular weight excluding hydrogens is 609 g/mol. The summed E-state index contributed by atoms with van der Waals surface area (Å²) in [5.74, 6) is 0.832. The number of allylic oxidation sites excluding steroid dienone is 2. The van der Waals surface area contributed by atoms with Crippen LogP contribution in [-0.2, 0) is 0 Å². The fraction of sp³-hybridized carbons (Fsp3) is 0.0217. The summed E-state index contributed by atoms with van der Waals surface area (Å²) >= 11 is 0. The predicted molar refractivity (Wildman–Crippen MR) is 210 cm³/mol. The highest BCUT2D eigenvalue weighted by atomic mass is 15.0. The lowest BCUT2D eigenvalue weighted by Crippen LogP contribution is -2.30. The van der Waals surface area contributed by atoms with Gasteiger partial charge in [0.2, 0.25) is 0 Å². The van der Waals surface area contributed by atoms with Crippen LogP contribution < -0.4 is 5.32 Å². The molecule has 4 nitrogen and oxygen atoms in total. The number of aromatic nitrogens is 1. The number of hydrogen-bond donors (Lipinski definition) is 2. The van der Waals surface area contributed by atoms with E-state index in [9.17, 15) is 0 Å². The lowest BCUT2D eigenvalue weighted by atomic mass is 9.82. The summed E-state index contributed by atoms with van der Waals surface area (Å²) in [4.78, 5) is 9.28. The van der Waals surface area contributed by atoms with Gasteiger partial charge in [-0.25, -0.2) is 4.99 Å². The van der Waals surface area contributed by atoms with Gasteiger partial charge in [-0.3, -0.25) is 4.98 Å². The Hall–Kier alpha value is -6.65. The molecular formula is C46H32N4. The van der Waals surface area contributed by atoms with Crippen LogP contribution in [0.4, 0.5) is 0 Å². The smallest absolute Gasteiger partial charge is 0.134 e. The van der Waals surface area contributed by atoms with Crippen LogP contribution in [0.5, 0.6) is 0 Å². The number of aliphatic imine (C=N–C) groups is 1. The van der Waals surface area contributed by atoms with E-state index in [2.05, 4.69) is 126 Å². The van der Waals surface area contributed by atoms with Gasteiger partial charge in [0.15, 0.2) is 0 Å². The van der Waals surface area contributed by atoms with Gasteiger partial charge in [0, 0.05) is 30.7 Å². The molecule has 0 radical (unpaired) electrons. The quantitative estimate of drug-likeness (QED) is 0.134. The molecule has 50 heavy (non-hydrogen) atoms. The van der Waals surface area contributed by atoms with Crippen molar-refractivity contribution in [2.24, 2.45) is 4.99 Å². The normalized spacial score (nSPS) is 13.6. The van der Waals surface area contributed by atoms with Gasteiger partial charge in [0.05, 0.1) is 5.69 Å². The van der Waals surface area contributed by atoms with Crippen LogP contribution in [0.25, 0.3) is 72.1 Å². The Bertz CT molecular complexity index is 2490. The average Bonchev–Trinajstić information content (AvgIpc) is 3.51. The zero-order valence-electron chi connectivity index (χ0n) is 27.3. The Morgan fingerprint density at radius 3 is 1.84 bits per heavy atom. The van der Waals surface area contributed by atoms with Gasteiger partial charge in [-0.05, 0) is 95.4 Å². The molecule has 1 aromatic heterocycles. The van der Waals surface area contributed by atoms with Crippen LogP contribution in [0, 0.1) is 5.41 Å². The molecule has 0 saturated heterocycles. The van der Waals surface area contributed by atoms with E-state index in [-0.39, 0.29) is 0 Å². The third-order valence-electron chi connectivity index (χ3n) is 9.73. The van der Waals surface area contributed by atoms with E-state index in [1.54, 1.807) is 6.20 Å². The van der Waals surface area contributed by atoms with Crippen molar-refractivity contribution in [3.8, 4) is 44.5 Å². The lowest BCUT2D eigenvalue weighted by molar-refractivity contribution is 0.969. The molecule has 0 atom stereocenters. The second-order valence-electron chi connectivity index (χ2n) is 12.5. The van der Waals surface area contributed by atoms with Gasteiger partial charge in [0.25, 0.3) is 0 Å². The SMILES string of the molecule is N=C/C(=C\C=C\c1ccccn1)C1=CN=C(c2ccc3c4c(cccc24)-c2c-3c(-c3ccccc3)c3ccccc3c2-c2ccccc2)NC1. The summed E-state index contributed by atoms with van der Waals surface area (Å²) in [5.41, 5.74) is 13.7. The first kappa shape index (κ1) is 29.5. The largest absolute Gasteiger partial charge is 0.365 e. The predicted octanol–water partition coefficient (Wildman–Crippen LogP) is 10.9. The molecule has 0 amide bonds. The minimum absolute atomic E-state index is 0.572. The topological polar surface area (TPSA) is 61.1 Å². The van der Waals surface area contributed by atoms with Crippen molar-refractivity contribution in [2.75, 3.05) is 6.54 Å². The van der Waals surface area contributed by atoms with Gasteiger partial charge < -0.3 is 10.7 Å². The monoisotopic (exact) mass is 640 g/mol. The van der Waals surface area contributed by atoms with E-state index in [1.807, 2.05) is 42.6 Å². The highest BCUT2D eigenvalue weighted by Crippen LogP contribution is 2.57. The Kier molecular flexibility index (Phi) is 7.33. The van der Waals surface area contributed by atoms with Crippen LogP contribution in [0.3, 0.4) is 0 Å². The average molecular weight is 641 g/mol. The standard InChI is InChI=1S/C46H32N4/c47-27-32(17-11-19-34-18-9-10-26-48-34)33-28-49-46(50-29-33)38-24-25-40-43-37(38)22-12-23-39(43)44-41(30-13-3-1-4-14-30)35-20-7-8-21-36(35)42(45(40)44)31-15-5-2-6-16-31/h1-28,47H,29H2,(H,49,50)/b19-11+,32-17+,47-27?. The first-order chi connectivity index (χ1) is 24.8. The lowest BCUT2D eigenvalue weighted by Gasteiger charge is -2.20. The number of benzene rings is 6. The Morgan fingerprint density at radius 2 is 1.22 bits per heavy atom. The molecule has 6 aromatic carbocycles. The van der Waals surface area contributed by atoms with E-state index in [4.69, 9.17) is 10.4 Å². The van der Waals surface area contributed by atoms with Crippen molar-refractivity contribution in [1.29, 1.82) is 5.41 Å². The number of pyridine rings is 1. The van der Waals surface area contributed by atoms with Gasteiger partial charge in [0.1, 0.15) is 5.84 Å². The Labute approximate surface area is 291 Å². The van der Waals surface area contributed by atoms with Crippen molar-refractivity contribution in [3.63, 3.8) is 0 Å². The zero-order valence-corrected chi connectivity index (χ0v) is 27.3. The van der Waals surface area contributed by atoms with Crippen LogP contribution in [0.15, 0.2) is 174 Å². The maximum absolute atomic E-state index is 8.07. The highest BCUT2D eigenvalue weighted by Gasteiger charge is 2.31. The molecule has 4 heteroatoms. The molecule has 7 aromatic rings. The zero-order chi connectivity index (χ0) is 33.4. The molecule has 0 spiro atoms. The summed E-state index contributed by atoms with van der Waals surface area (Å²) in [6.07, 6.45) is 10.9. The summed E-state index contributed by atoms with van der Waals surface area (Å²) < 4.78 is 0. The van der Waals surface area contributed by atoms with Crippen LogP contribution in [-0.4, -0.2) is 23.6 Å². The van der Waals surface area contributed by atoms with E-state index in [1.165, 1.54) is 72.3 Å². The molecule has 9 rings (SSSR count). The Morgan fingerprint density at radius 1 is 0.600 bits per heavy atom.